The summed E-state index contributed by atoms with van der Waals surface area (Å²) in [5, 5.41) is 16.3. The zero-order chi connectivity index (χ0) is 12.3. The molecule has 0 radical (unpaired) electrons. The standard InChI is InChI=1S/C10H9F2N3O2/c11-10(12)17-8-4-2-1-3-7(8)15-6-13-14-9(15)5-16/h1-4,6,10,16H,5H2. The summed E-state index contributed by atoms with van der Waals surface area (Å²) in [6.07, 6.45) is 1.32. The van der Waals surface area contributed by atoms with Gasteiger partial charge in [0.25, 0.3) is 0 Å². The summed E-state index contributed by atoms with van der Waals surface area (Å²) >= 11 is 0. The van der Waals surface area contributed by atoms with E-state index in [4.69, 9.17) is 5.11 Å². The lowest BCUT2D eigenvalue weighted by Gasteiger charge is -2.11. The third-order valence-corrected chi connectivity index (χ3v) is 2.10. The van der Waals surface area contributed by atoms with E-state index in [0.717, 1.165) is 0 Å². The molecular weight excluding hydrogens is 232 g/mol. The summed E-state index contributed by atoms with van der Waals surface area (Å²) in [4.78, 5) is 0. The highest BCUT2D eigenvalue weighted by atomic mass is 19.3. The van der Waals surface area contributed by atoms with Crippen LogP contribution in [-0.2, 0) is 6.61 Å². The number of ether oxygens (including phenoxy) is 1. The van der Waals surface area contributed by atoms with Crippen LogP contribution in [0.1, 0.15) is 5.82 Å². The summed E-state index contributed by atoms with van der Waals surface area (Å²) < 4.78 is 30.2. The van der Waals surface area contributed by atoms with Gasteiger partial charge in [0, 0.05) is 0 Å². The van der Waals surface area contributed by atoms with E-state index in [1.54, 1.807) is 18.2 Å². The number of nitrogens with zero attached hydrogens (tertiary/aromatic N) is 3. The van der Waals surface area contributed by atoms with Crippen LogP contribution in [0.5, 0.6) is 5.75 Å². The molecule has 2 rings (SSSR count). The minimum absolute atomic E-state index is 0.00278. The molecule has 0 aliphatic rings. The lowest BCUT2D eigenvalue weighted by atomic mass is 10.3. The Labute approximate surface area is 95.3 Å². The minimum Gasteiger partial charge on any atom is -0.433 e. The topological polar surface area (TPSA) is 60.2 Å². The molecule has 1 aromatic carbocycles. The molecule has 1 heterocycles. The number of alkyl halides is 2. The number of hydrogen-bond donors (Lipinski definition) is 1. The highest BCUT2D eigenvalue weighted by Gasteiger charge is 2.13. The Balaban J connectivity index is 2.44. The van der Waals surface area contributed by atoms with Crippen molar-refractivity contribution in [2.75, 3.05) is 0 Å². The second kappa shape index (κ2) is 4.88. The molecule has 90 valence electrons. The molecule has 1 N–H and O–H groups in total. The molecule has 0 atom stereocenters. The highest BCUT2D eigenvalue weighted by molar-refractivity contribution is 5.47. The van der Waals surface area contributed by atoms with Crippen molar-refractivity contribution in [3.05, 3.63) is 36.4 Å². The van der Waals surface area contributed by atoms with Crippen LogP contribution >= 0.6 is 0 Å². The van der Waals surface area contributed by atoms with Gasteiger partial charge in [-0.15, -0.1) is 10.2 Å². The SMILES string of the molecule is OCc1nncn1-c1ccccc1OC(F)F. The normalized spacial score (nSPS) is 10.8. The Morgan fingerprint density at radius 2 is 2.12 bits per heavy atom. The Kier molecular flexibility index (Phi) is 3.29. The van der Waals surface area contributed by atoms with Crippen molar-refractivity contribution in [2.45, 2.75) is 13.2 Å². The van der Waals surface area contributed by atoms with Crippen molar-refractivity contribution in [3.8, 4) is 11.4 Å². The van der Waals surface area contributed by atoms with Crippen LogP contribution in [0.3, 0.4) is 0 Å². The number of hydrogen-bond acceptors (Lipinski definition) is 4. The van der Waals surface area contributed by atoms with Crippen molar-refractivity contribution >= 4 is 0 Å². The number of aromatic nitrogens is 3. The smallest absolute Gasteiger partial charge is 0.387 e. The van der Waals surface area contributed by atoms with E-state index in [9.17, 15) is 8.78 Å². The van der Waals surface area contributed by atoms with Crippen LogP contribution in [0.15, 0.2) is 30.6 Å². The van der Waals surface area contributed by atoms with Gasteiger partial charge in [0.05, 0.1) is 5.69 Å². The number of para-hydroxylation sites is 2. The molecule has 17 heavy (non-hydrogen) atoms. The fourth-order valence-electron chi connectivity index (χ4n) is 1.42. The summed E-state index contributed by atoms with van der Waals surface area (Å²) in [7, 11) is 0. The Morgan fingerprint density at radius 3 is 2.82 bits per heavy atom. The van der Waals surface area contributed by atoms with Crippen molar-refractivity contribution in [2.24, 2.45) is 0 Å². The van der Waals surface area contributed by atoms with Crippen molar-refractivity contribution in [3.63, 3.8) is 0 Å². The van der Waals surface area contributed by atoms with Gasteiger partial charge in [-0.25, -0.2) is 0 Å². The molecule has 0 amide bonds. The largest absolute Gasteiger partial charge is 0.433 e. The van der Waals surface area contributed by atoms with Gasteiger partial charge < -0.3 is 9.84 Å². The van der Waals surface area contributed by atoms with Crippen molar-refractivity contribution in [1.82, 2.24) is 14.8 Å². The molecule has 0 spiro atoms. The fraction of sp³-hybridized carbons (Fsp3) is 0.200. The molecule has 0 saturated heterocycles. The average Bonchev–Trinajstić information content (AvgIpc) is 2.77. The van der Waals surface area contributed by atoms with E-state index in [0.29, 0.717) is 5.69 Å². The highest BCUT2D eigenvalue weighted by Crippen LogP contribution is 2.24. The van der Waals surface area contributed by atoms with Gasteiger partial charge in [0.1, 0.15) is 18.7 Å². The first-order valence-corrected chi connectivity index (χ1v) is 4.76. The summed E-state index contributed by atoms with van der Waals surface area (Å²) in [6, 6.07) is 6.21. The quantitative estimate of drug-likeness (QED) is 0.878. The predicted octanol–water partition coefficient (Wildman–Crippen LogP) is 1.36. The molecule has 0 bridgehead atoms. The number of benzene rings is 1. The predicted molar refractivity (Wildman–Crippen MR) is 53.9 cm³/mol. The van der Waals surface area contributed by atoms with E-state index >= 15 is 0 Å². The van der Waals surface area contributed by atoms with Gasteiger partial charge in [-0.3, -0.25) is 4.57 Å². The van der Waals surface area contributed by atoms with E-state index in [2.05, 4.69) is 14.9 Å². The minimum atomic E-state index is -2.91. The summed E-state index contributed by atoms with van der Waals surface area (Å²) in [6.45, 7) is -3.26. The molecule has 1 aromatic heterocycles. The summed E-state index contributed by atoms with van der Waals surface area (Å²) in [5.74, 6) is 0.243. The first kappa shape index (κ1) is 11.5. The number of halogens is 2. The third-order valence-electron chi connectivity index (χ3n) is 2.10. The van der Waals surface area contributed by atoms with Gasteiger partial charge in [0.15, 0.2) is 5.82 Å². The maximum Gasteiger partial charge on any atom is 0.387 e. The molecule has 0 aliphatic heterocycles. The van der Waals surface area contributed by atoms with Gasteiger partial charge in [0.2, 0.25) is 0 Å². The molecule has 2 aromatic rings. The lowest BCUT2D eigenvalue weighted by Crippen LogP contribution is -2.07. The van der Waals surface area contributed by atoms with E-state index in [1.807, 2.05) is 0 Å². The van der Waals surface area contributed by atoms with E-state index in [1.165, 1.54) is 17.0 Å². The van der Waals surface area contributed by atoms with Crippen LogP contribution in [0.2, 0.25) is 0 Å². The second-order valence-corrected chi connectivity index (χ2v) is 3.12. The number of aliphatic hydroxyl groups excluding tert-OH is 1. The second-order valence-electron chi connectivity index (χ2n) is 3.12. The van der Waals surface area contributed by atoms with Crippen LogP contribution < -0.4 is 4.74 Å². The third kappa shape index (κ3) is 2.39. The van der Waals surface area contributed by atoms with Crippen molar-refractivity contribution < 1.29 is 18.6 Å². The monoisotopic (exact) mass is 241 g/mol. The fourth-order valence-corrected chi connectivity index (χ4v) is 1.42. The molecule has 0 aliphatic carbocycles. The zero-order valence-corrected chi connectivity index (χ0v) is 8.62. The molecule has 0 unspecified atom stereocenters. The maximum atomic E-state index is 12.2. The van der Waals surface area contributed by atoms with E-state index in [-0.39, 0.29) is 18.2 Å². The Morgan fingerprint density at radius 1 is 1.35 bits per heavy atom. The van der Waals surface area contributed by atoms with Crippen LogP contribution in [-0.4, -0.2) is 26.5 Å². The summed E-state index contributed by atoms with van der Waals surface area (Å²) in [5.41, 5.74) is 0.349. The van der Waals surface area contributed by atoms with Crippen LogP contribution in [0, 0.1) is 0 Å². The molecule has 5 nitrogen and oxygen atoms in total. The molecule has 0 fully saturated rings. The van der Waals surface area contributed by atoms with Gasteiger partial charge in [-0.1, -0.05) is 12.1 Å². The number of rotatable bonds is 4. The zero-order valence-electron chi connectivity index (χ0n) is 8.62. The molecular formula is C10H9F2N3O2. The molecule has 7 heteroatoms. The first-order valence-electron chi connectivity index (χ1n) is 4.76. The van der Waals surface area contributed by atoms with E-state index < -0.39 is 6.61 Å². The maximum absolute atomic E-state index is 12.2. The van der Waals surface area contributed by atoms with Gasteiger partial charge >= 0.3 is 6.61 Å². The number of aliphatic hydroxyl groups is 1. The Bertz CT molecular complexity index is 502. The average molecular weight is 241 g/mol. The van der Waals surface area contributed by atoms with Gasteiger partial charge in [-0.05, 0) is 12.1 Å². The van der Waals surface area contributed by atoms with Gasteiger partial charge in [-0.2, -0.15) is 8.78 Å². The lowest BCUT2D eigenvalue weighted by molar-refractivity contribution is -0.0498. The van der Waals surface area contributed by atoms with Crippen LogP contribution in [0.4, 0.5) is 8.78 Å². The molecule has 0 saturated carbocycles. The first-order chi connectivity index (χ1) is 8.22. The van der Waals surface area contributed by atoms with Crippen LogP contribution in [0.25, 0.3) is 5.69 Å². The van der Waals surface area contributed by atoms with Crippen molar-refractivity contribution in [1.29, 1.82) is 0 Å². The Hall–Kier alpha value is -2.02.